The number of benzene rings is 4. The Morgan fingerprint density at radius 2 is 1.65 bits per heavy atom. The molecule has 0 saturated carbocycles. The molecule has 8 nitrogen and oxygen atoms in total. The van der Waals surface area contributed by atoms with E-state index < -0.39 is 0 Å². The van der Waals surface area contributed by atoms with Gasteiger partial charge in [0.25, 0.3) is 11.8 Å². The Bertz CT molecular complexity index is 1900. The highest BCUT2D eigenvalue weighted by Gasteiger charge is 2.29. The number of hydrogen-bond donors (Lipinski definition) is 2. The number of carbonyl (C=O) groups excluding carboxylic acids is 2. The number of H-pyrrole nitrogens is 1. The average Bonchev–Trinajstić information content (AvgIpc) is 3.70. The summed E-state index contributed by atoms with van der Waals surface area (Å²) in [6, 6.07) is 28.7. The minimum atomic E-state index is -0.201. The highest BCUT2D eigenvalue weighted by molar-refractivity contribution is 5.99. The number of amides is 2. The van der Waals surface area contributed by atoms with Crippen LogP contribution in [-0.4, -0.2) is 59.3 Å². The van der Waals surface area contributed by atoms with E-state index >= 15 is 0 Å². The molecule has 8 heteroatoms. The van der Waals surface area contributed by atoms with Crippen LogP contribution in [-0.2, 0) is 0 Å². The fourth-order valence-corrected chi connectivity index (χ4v) is 5.53. The predicted octanol–water partition coefficient (Wildman–Crippen LogP) is 5.05. The summed E-state index contributed by atoms with van der Waals surface area (Å²) in [5.74, 6) is 7.41. The van der Waals surface area contributed by atoms with E-state index in [1.165, 1.54) is 0 Å². The van der Waals surface area contributed by atoms with Crippen LogP contribution < -0.4 is 14.8 Å². The van der Waals surface area contributed by atoms with Crippen molar-refractivity contribution in [1.82, 2.24) is 20.4 Å². The van der Waals surface area contributed by atoms with E-state index in [4.69, 9.17) is 9.47 Å². The fraction of sp³-hybridized carbons (Fsp3) is 0.171. The van der Waals surface area contributed by atoms with E-state index in [-0.39, 0.29) is 17.9 Å². The van der Waals surface area contributed by atoms with Crippen molar-refractivity contribution < 1.29 is 19.1 Å². The highest BCUT2D eigenvalue weighted by Crippen LogP contribution is 2.31. The van der Waals surface area contributed by atoms with E-state index in [0.29, 0.717) is 61.0 Å². The van der Waals surface area contributed by atoms with E-state index in [2.05, 4.69) is 45.6 Å². The van der Waals surface area contributed by atoms with Crippen molar-refractivity contribution in [3.05, 3.63) is 113 Å². The Morgan fingerprint density at radius 3 is 2.53 bits per heavy atom. The van der Waals surface area contributed by atoms with E-state index in [0.717, 1.165) is 27.6 Å². The number of aromatic nitrogens is 2. The van der Waals surface area contributed by atoms with Gasteiger partial charge in [-0.1, -0.05) is 54.5 Å². The molecule has 0 aliphatic carbocycles. The first-order valence-electron chi connectivity index (χ1n) is 14.3. The first kappa shape index (κ1) is 26.4. The molecule has 1 atom stereocenters. The number of rotatable bonds is 4. The third-order valence-corrected chi connectivity index (χ3v) is 7.75. The quantitative estimate of drug-likeness (QED) is 0.296. The van der Waals surface area contributed by atoms with Gasteiger partial charge in [0, 0.05) is 41.2 Å². The first-order valence-corrected chi connectivity index (χ1v) is 14.3. The van der Waals surface area contributed by atoms with E-state index in [1.807, 2.05) is 48.5 Å². The lowest BCUT2D eigenvalue weighted by atomic mass is 10.00. The van der Waals surface area contributed by atoms with Crippen LogP contribution in [0.1, 0.15) is 38.4 Å². The van der Waals surface area contributed by atoms with Gasteiger partial charge in [-0.25, -0.2) is 0 Å². The molecule has 1 unspecified atom stereocenters. The second-order valence-corrected chi connectivity index (χ2v) is 10.6. The minimum Gasteiger partial charge on any atom is -0.486 e. The number of nitrogens with zero attached hydrogens (tertiary/aromatic N) is 2. The number of ether oxygens (including phenoxy) is 2. The maximum absolute atomic E-state index is 13.5. The molecule has 2 N–H and O–H groups in total. The molecule has 7 rings (SSSR count). The molecule has 0 spiro atoms. The molecule has 3 heterocycles. The molecule has 0 bridgehead atoms. The van der Waals surface area contributed by atoms with Crippen molar-refractivity contribution in [2.45, 2.75) is 12.5 Å². The van der Waals surface area contributed by atoms with E-state index in [1.54, 1.807) is 29.2 Å². The lowest BCUT2D eigenvalue weighted by Gasteiger charge is -2.19. The molecule has 5 aromatic rings. The lowest BCUT2D eigenvalue weighted by molar-refractivity contribution is 0.0783. The summed E-state index contributed by atoms with van der Waals surface area (Å²) in [6.07, 6.45) is 0.674. The van der Waals surface area contributed by atoms with Crippen LogP contribution in [0.3, 0.4) is 0 Å². The summed E-state index contributed by atoms with van der Waals surface area (Å²) in [5.41, 5.74) is 5.50. The van der Waals surface area contributed by atoms with Crippen LogP contribution >= 0.6 is 0 Å². The third kappa shape index (κ3) is 5.41. The Labute approximate surface area is 248 Å². The Morgan fingerprint density at radius 1 is 0.860 bits per heavy atom. The van der Waals surface area contributed by atoms with Gasteiger partial charge in [0.15, 0.2) is 11.5 Å². The van der Waals surface area contributed by atoms with E-state index in [9.17, 15) is 9.59 Å². The zero-order valence-corrected chi connectivity index (χ0v) is 23.3. The monoisotopic (exact) mass is 568 g/mol. The molecule has 0 radical (unpaired) electrons. The smallest absolute Gasteiger partial charge is 0.253 e. The molecule has 1 aromatic heterocycles. The molecule has 2 amide bonds. The second kappa shape index (κ2) is 11.4. The number of likely N-dealkylation sites (tertiary alicyclic amines) is 1. The van der Waals surface area contributed by atoms with Crippen LogP contribution in [0.5, 0.6) is 11.5 Å². The van der Waals surface area contributed by atoms with Crippen molar-refractivity contribution in [1.29, 1.82) is 0 Å². The number of nitrogens with one attached hydrogen (secondary N) is 2. The van der Waals surface area contributed by atoms with Gasteiger partial charge >= 0.3 is 0 Å². The van der Waals surface area contributed by atoms with Crippen molar-refractivity contribution >= 4 is 22.7 Å². The maximum atomic E-state index is 13.5. The SMILES string of the molecule is O=C(NC1CCN(C(=O)c2ccc3[nH]nc(C#Cc4ccccc4-c4ccccc4)c3c2)C1)c1ccc2c(c1)OCCO2. The largest absolute Gasteiger partial charge is 0.486 e. The summed E-state index contributed by atoms with van der Waals surface area (Å²) < 4.78 is 11.1. The van der Waals surface area contributed by atoms with Crippen molar-refractivity contribution in [2.24, 2.45) is 0 Å². The van der Waals surface area contributed by atoms with Crippen LogP contribution in [0.2, 0.25) is 0 Å². The molecule has 1 saturated heterocycles. The zero-order chi connectivity index (χ0) is 29.2. The fourth-order valence-electron chi connectivity index (χ4n) is 5.53. The van der Waals surface area contributed by atoms with Gasteiger partial charge in [-0.2, -0.15) is 5.10 Å². The standard InChI is InChI=1S/C35H28N4O4/c40-34(25-12-15-32-33(21-25)43-19-18-42-32)36-27-16-17-39(22-27)35(41)26-11-14-31-29(20-26)30(37-38-31)13-10-24-8-4-5-9-28(24)23-6-2-1-3-7-23/h1-9,11-12,14-15,20-21,27H,16-19,22H2,(H,36,40)(H,37,38). The van der Waals surface area contributed by atoms with Gasteiger partial charge in [-0.3, -0.25) is 14.7 Å². The Balaban J connectivity index is 1.06. The number of carbonyl (C=O) groups is 2. The maximum Gasteiger partial charge on any atom is 0.253 e. The van der Waals surface area contributed by atoms with Crippen LogP contribution in [0.25, 0.3) is 22.0 Å². The van der Waals surface area contributed by atoms with Crippen molar-refractivity contribution in [3.8, 4) is 34.5 Å². The molecule has 2 aliphatic rings. The predicted molar refractivity (Wildman–Crippen MR) is 163 cm³/mol. The molecule has 43 heavy (non-hydrogen) atoms. The lowest BCUT2D eigenvalue weighted by Crippen LogP contribution is -2.38. The Kier molecular flexibility index (Phi) is 6.97. The summed E-state index contributed by atoms with van der Waals surface area (Å²) in [4.78, 5) is 28.2. The molecular weight excluding hydrogens is 540 g/mol. The summed E-state index contributed by atoms with van der Waals surface area (Å²) in [7, 11) is 0. The molecule has 212 valence electrons. The summed E-state index contributed by atoms with van der Waals surface area (Å²) in [6.45, 7) is 1.94. The molecule has 2 aliphatic heterocycles. The summed E-state index contributed by atoms with van der Waals surface area (Å²) in [5, 5.41) is 11.3. The molecule has 1 fully saturated rings. The van der Waals surface area contributed by atoms with Crippen molar-refractivity contribution in [3.63, 3.8) is 0 Å². The number of fused-ring (bicyclic) bond motifs is 2. The molecule has 4 aromatic carbocycles. The zero-order valence-electron chi connectivity index (χ0n) is 23.3. The van der Waals surface area contributed by atoms with Crippen LogP contribution in [0, 0.1) is 11.8 Å². The van der Waals surface area contributed by atoms with Gasteiger partial charge in [-0.05, 0) is 65.9 Å². The van der Waals surface area contributed by atoms with Crippen LogP contribution in [0.4, 0.5) is 0 Å². The topological polar surface area (TPSA) is 96.6 Å². The number of aromatic amines is 1. The van der Waals surface area contributed by atoms with Gasteiger partial charge in [-0.15, -0.1) is 0 Å². The molecular formula is C35H28N4O4. The van der Waals surface area contributed by atoms with Gasteiger partial charge in [0.05, 0.1) is 5.52 Å². The van der Waals surface area contributed by atoms with Crippen LogP contribution in [0.15, 0.2) is 91.0 Å². The van der Waals surface area contributed by atoms with Gasteiger partial charge < -0.3 is 19.7 Å². The minimum absolute atomic E-state index is 0.0903. The van der Waals surface area contributed by atoms with Crippen molar-refractivity contribution in [2.75, 3.05) is 26.3 Å². The summed E-state index contributed by atoms with van der Waals surface area (Å²) >= 11 is 0. The first-order chi connectivity index (χ1) is 21.1. The normalized spacial score (nSPS) is 15.5. The van der Waals surface area contributed by atoms with Gasteiger partial charge in [0.2, 0.25) is 0 Å². The second-order valence-electron chi connectivity index (χ2n) is 10.6. The van der Waals surface area contributed by atoms with Gasteiger partial charge in [0.1, 0.15) is 18.9 Å². The Hall–Kier alpha value is -5.55. The number of hydrogen-bond acceptors (Lipinski definition) is 5. The third-order valence-electron chi connectivity index (χ3n) is 7.75. The average molecular weight is 569 g/mol. The highest BCUT2D eigenvalue weighted by atomic mass is 16.6.